The molecule has 31 heavy (non-hydrogen) atoms. The van der Waals surface area contributed by atoms with Gasteiger partial charge in [0.05, 0.1) is 5.69 Å². The SMILES string of the molecule is Cc1ccnc(-n2cccc2CN2CCc3c(nc(N4CCC[C@H](C)C4)[nH]c3=O)C2)c1. The Balaban J connectivity index is 1.37. The van der Waals surface area contributed by atoms with E-state index in [2.05, 4.69) is 62.6 Å². The molecule has 0 amide bonds. The molecule has 7 nitrogen and oxygen atoms in total. The Bertz CT molecular complexity index is 1130. The van der Waals surface area contributed by atoms with E-state index in [0.29, 0.717) is 12.5 Å². The van der Waals surface area contributed by atoms with E-state index in [0.717, 1.165) is 62.0 Å². The number of fused-ring (bicyclic) bond motifs is 1. The predicted molar refractivity (Wildman–Crippen MR) is 122 cm³/mol. The van der Waals surface area contributed by atoms with Crippen molar-refractivity contribution in [2.24, 2.45) is 5.92 Å². The van der Waals surface area contributed by atoms with Crippen molar-refractivity contribution in [2.45, 2.75) is 46.2 Å². The molecule has 0 aromatic carbocycles. The highest BCUT2D eigenvalue weighted by Gasteiger charge is 2.25. The van der Waals surface area contributed by atoms with Gasteiger partial charge in [0.15, 0.2) is 0 Å². The summed E-state index contributed by atoms with van der Waals surface area (Å²) in [4.78, 5) is 29.9. The molecule has 0 bridgehead atoms. The van der Waals surface area contributed by atoms with Gasteiger partial charge in [-0.1, -0.05) is 6.92 Å². The highest BCUT2D eigenvalue weighted by molar-refractivity contribution is 5.35. The number of H-pyrrole nitrogens is 1. The number of aromatic nitrogens is 4. The molecule has 3 aromatic rings. The summed E-state index contributed by atoms with van der Waals surface area (Å²) < 4.78 is 2.15. The molecule has 1 N–H and O–H groups in total. The summed E-state index contributed by atoms with van der Waals surface area (Å²) in [6.07, 6.45) is 7.04. The van der Waals surface area contributed by atoms with Gasteiger partial charge in [-0.25, -0.2) is 9.97 Å². The Morgan fingerprint density at radius 3 is 3.00 bits per heavy atom. The zero-order valence-corrected chi connectivity index (χ0v) is 18.3. The molecular formula is C24H30N6O. The average Bonchev–Trinajstić information content (AvgIpc) is 3.21. The second kappa shape index (κ2) is 8.30. The second-order valence-electron chi connectivity index (χ2n) is 9.03. The fraction of sp³-hybridized carbons (Fsp3) is 0.458. The first-order valence-corrected chi connectivity index (χ1v) is 11.3. The van der Waals surface area contributed by atoms with E-state index in [1.165, 1.54) is 17.7 Å². The second-order valence-corrected chi connectivity index (χ2v) is 9.03. The molecule has 5 heterocycles. The third kappa shape index (κ3) is 4.14. The van der Waals surface area contributed by atoms with Crippen LogP contribution in [0.5, 0.6) is 0 Å². The van der Waals surface area contributed by atoms with Crippen molar-refractivity contribution in [3.05, 3.63) is 69.5 Å². The summed E-state index contributed by atoms with van der Waals surface area (Å²) >= 11 is 0. The van der Waals surface area contributed by atoms with Crippen molar-refractivity contribution >= 4 is 5.95 Å². The van der Waals surface area contributed by atoms with E-state index in [4.69, 9.17) is 4.98 Å². The van der Waals surface area contributed by atoms with Gasteiger partial charge in [-0.2, -0.15) is 0 Å². The topological polar surface area (TPSA) is 70.1 Å². The van der Waals surface area contributed by atoms with Gasteiger partial charge in [0, 0.05) is 56.4 Å². The third-order valence-electron chi connectivity index (χ3n) is 6.46. The number of nitrogens with zero attached hydrogens (tertiary/aromatic N) is 5. The van der Waals surface area contributed by atoms with Crippen molar-refractivity contribution in [3.8, 4) is 5.82 Å². The summed E-state index contributed by atoms with van der Waals surface area (Å²) in [6, 6.07) is 8.32. The Morgan fingerprint density at radius 1 is 1.26 bits per heavy atom. The minimum Gasteiger partial charge on any atom is -0.342 e. The van der Waals surface area contributed by atoms with E-state index in [1.54, 1.807) is 0 Å². The number of hydrogen-bond acceptors (Lipinski definition) is 5. The van der Waals surface area contributed by atoms with Gasteiger partial charge < -0.3 is 9.47 Å². The fourth-order valence-electron chi connectivity index (χ4n) is 4.80. The summed E-state index contributed by atoms with van der Waals surface area (Å²) in [5, 5.41) is 0. The standard InChI is InChI=1S/C24H30N6O/c1-17-7-9-25-22(13-17)30-11-4-6-19(30)15-28-12-8-20-21(16-28)26-24(27-23(20)31)29-10-3-5-18(2)14-29/h4,6-7,9,11,13,18H,3,5,8,10,12,14-16H2,1-2H3,(H,26,27,31)/t18-/m0/s1. The first-order chi connectivity index (χ1) is 15.1. The smallest absolute Gasteiger partial charge is 0.255 e. The molecule has 0 aliphatic carbocycles. The zero-order chi connectivity index (χ0) is 21.4. The molecule has 162 valence electrons. The maximum atomic E-state index is 12.8. The number of nitrogens with one attached hydrogen (secondary N) is 1. The Kier molecular flexibility index (Phi) is 5.36. The maximum absolute atomic E-state index is 12.8. The van der Waals surface area contributed by atoms with Gasteiger partial charge in [0.25, 0.3) is 5.56 Å². The lowest BCUT2D eigenvalue weighted by molar-refractivity contribution is 0.236. The molecule has 1 fully saturated rings. The number of anilines is 1. The lowest BCUT2D eigenvalue weighted by Crippen LogP contribution is -2.39. The van der Waals surface area contributed by atoms with Gasteiger partial charge in [0.1, 0.15) is 5.82 Å². The molecule has 0 spiro atoms. The minimum absolute atomic E-state index is 0.0326. The normalized spacial score (nSPS) is 19.4. The highest BCUT2D eigenvalue weighted by atomic mass is 16.1. The first kappa shape index (κ1) is 20.0. The van der Waals surface area contributed by atoms with Crippen molar-refractivity contribution in [1.82, 2.24) is 24.4 Å². The maximum Gasteiger partial charge on any atom is 0.255 e. The van der Waals surface area contributed by atoms with Gasteiger partial charge in [0.2, 0.25) is 5.95 Å². The Hall–Kier alpha value is -2.93. The largest absolute Gasteiger partial charge is 0.342 e. The van der Waals surface area contributed by atoms with Crippen molar-refractivity contribution in [3.63, 3.8) is 0 Å². The minimum atomic E-state index is 0.0326. The predicted octanol–water partition coefficient (Wildman–Crippen LogP) is 3.06. The van der Waals surface area contributed by atoms with Crippen LogP contribution in [-0.2, 0) is 19.5 Å². The zero-order valence-electron chi connectivity index (χ0n) is 18.3. The number of aromatic amines is 1. The Labute approximate surface area is 182 Å². The molecule has 1 atom stereocenters. The van der Waals surface area contributed by atoms with E-state index < -0.39 is 0 Å². The number of pyridine rings is 1. The van der Waals surface area contributed by atoms with Crippen LogP contribution in [0.15, 0.2) is 41.5 Å². The van der Waals surface area contributed by atoms with Crippen LogP contribution in [0, 0.1) is 12.8 Å². The number of rotatable bonds is 4. The Morgan fingerprint density at radius 2 is 2.16 bits per heavy atom. The van der Waals surface area contributed by atoms with Gasteiger partial charge in [-0.05, 0) is 61.9 Å². The molecule has 3 aromatic heterocycles. The quantitative estimate of drug-likeness (QED) is 0.705. The van der Waals surface area contributed by atoms with Crippen molar-refractivity contribution in [2.75, 3.05) is 24.5 Å². The van der Waals surface area contributed by atoms with E-state index in [9.17, 15) is 4.79 Å². The lowest BCUT2D eigenvalue weighted by atomic mass is 10.0. The van der Waals surface area contributed by atoms with Crippen LogP contribution >= 0.6 is 0 Å². The molecule has 5 rings (SSSR count). The molecule has 2 aliphatic heterocycles. The molecular weight excluding hydrogens is 388 g/mol. The highest BCUT2D eigenvalue weighted by Crippen LogP contribution is 2.23. The van der Waals surface area contributed by atoms with Gasteiger partial charge in [-0.15, -0.1) is 0 Å². The van der Waals surface area contributed by atoms with Crippen molar-refractivity contribution < 1.29 is 0 Å². The first-order valence-electron chi connectivity index (χ1n) is 11.3. The molecule has 0 saturated carbocycles. The van der Waals surface area contributed by atoms with Crippen LogP contribution in [0.25, 0.3) is 5.82 Å². The van der Waals surface area contributed by atoms with E-state index >= 15 is 0 Å². The summed E-state index contributed by atoms with van der Waals surface area (Å²) in [6.45, 7) is 8.62. The summed E-state index contributed by atoms with van der Waals surface area (Å²) in [5.41, 5.74) is 4.19. The van der Waals surface area contributed by atoms with Gasteiger partial charge in [-0.3, -0.25) is 14.7 Å². The molecule has 0 radical (unpaired) electrons. The number of hydrogen-bond donors (Lipinski definition) is 1. The van der Waals surface area contributed by atoms with Crippen LogP contribution in [0.1, 0.15) is 42.3 Å². The molecule has 2 aliphatic rings. The molecule has 7 heteroatoms. The van der Waals surface area contributed by atoms with Crippen LogP contribution < -0.4 is 10.5 Å². The van der Waals surface area contributed by atoms with E-state index in [1.807, 2.05) is 12.3 Å². The fourth-order valence-corrected chi connectivity index (χ4v) is 4.80. The van der Waals surface area contributed by atoms with Crippen LogP contribution in [-0.4, -0.2) is 44.1 Å². The van der Waals surface area contributed by atoms with Crippen LogP contribution in [0.4, 0.5) is 5.95 Å². The lowest BCUT2D eigenvalue weighted by Gasteiger charge is -2.33. The van der Waals surface area contributed by atoms with Crippen LogP contribution in [0.3, 0.4) is 0 Å². The number of aryl methyl sites for hydroxylation is 1. The molecule has 0 unspecified atom stereocenters. The van der Waals surface area contributed by atoms with Crippen LogP contribution in [0.2, 0.25) is 0 Å². The summed E-state index contributed by atoms with van der Waals surface area (Å²) in [5.74, 6) is 2.31. The van der Waals surface area contributed by atoms with Crippen molar-refractivity contribution in [1.29, 1.82) is 0 Å². The third-order valence-corrected chi connectivity index (χ3v) is 6.46. The monoisotopic (exact) mass is 418 g/mol. The summed E-state index contributed by atoms with van der Waals surface area (Å²) in [7, 11) is 0. The van der Waals surface area contributed by atoms with Gasteiger partial charge >= 0.3 is 0 Å². The number of piperidine rings is 1. The molecule has 1 saturated heterocycles. The van der Waals surface area contributed by atoms with E-state index in [-0.39, 0.29) is 5.56 Å². The average molecular weight is 419 g/mol.